The average molecular weight is 190 g/mol. The van der Waals surface area contributed by atoms with Crippen molar-refractivity contribution in [2.24, 2.45) is 0 Å². The lowest BCUT2D eigenvalue weighted by Gasteiger charge is -2.15. The van der Waals surface area contributed by atoms with E-state index in [9.17, 15) is 0 Å². The van der Waals surface area contributed by atoms with Gasteiger partial charge in [-0.2, -0.15) is 11.8 Å². The van der Waals surface area contributed by atoms with Gasteiger partial charge in [0, 0.05) is 24.2 Å². The van der Waals surface area contributed by atoms with E-state index in [0.29, 0.717) is 0 Å². The molecule has 1 saturated heterocycles. The Morgan fingerprint density at radius 1 is 1.33 bits per heavy atom. The molecular formula is C9H18O2S. The first kappa shape index (κ1) is 10.4. The Morgan fingerprint density at radius 2 is 1.92 bits per heavy atom. The van der Waals surface area contributed by atoms with Crippen molar-refractivity contribution in [1.29, 1.82) is 0 Å². The smallest absolute Gasteiger partial charge is 0.157 e. The molecule has 0 aromatic rings. The van der Waals surface area contributed by atoms with Crippen molar-refractivity contribution in [3.63, 3.8) is 0 Å². The van der Waals surface area contributed by atoms with Crippen LogP contribution < -0.4 is 0 Å². The molecule has 0 N–H and O–H groups in total. The third-order valence-electron chi connectivity index (χ3n) is 1.83. The minimum absolute atomic E-state index is 0.0428. The highest BCUT2D eigenvalue weighted by atomic mass is 32.2. The van der Waals surface area contributed by atoms with Gasteiger partial charge in [0.1, 0.15) is 0 Å². The normalized spacial score (nSPS) is 21.8. The fraction of sp³-hybridized carbons (Fsp3) is 1.00. The van der Waals surface area contributed by atoms with Gasteiger partial charge in [-0.15, -0.1) is 0 Å². The molecule has 1 aliphatic rings. The second-order valence-corrected chi connectivity index (χ2v) is 4.21. The maximum absolute atomic E-state index is 5.43. The van der Waals surface area contributed by atoms with Crippen LogP contribution >= 0.6 is 11.8 Å². The highest BCUT2D eigenvalue weighted by Gasteiger charge is 2.23. The molecule has 12 heavy (non-hydrogen) atoms. The summed E-state index contributed by atoms with van der Waals surface area (Å²) in [6, 6.07) is 0. The van der Waals surface area contributed by atoms with Gasteiger partial charge in [-0.3, -0.25) is 0 Å². The highest BCUT2D eigenvalue weighted by molar-refractivity contribution is 8.06. The van der Waals surface area contributed by atoms with Crippen molar-refractivity contribution in [1.82, 2.24) is 0 Å². The third kappa shape index (κ3) is 4.33. The Hall–Kier alpha value is 0.270. The number of rotatable bonds is 7. The summed E-state index contributed by atoms with van der Waals surface area (Å²) in [5.74, 6) is 1.34. The minimum Gasteiger partial charge on any atom is -0.353 e. The summed E-state index contributed by atoms with van der Waals surface area (Å²) < 4.78 is 10.9. The first-order valence-corrected chi connectivity index (χ1v) is 5.76. The van der Waals surface area contributed by atoms with Crippen LogP contribution in [0.4, 0.5) is 0 Å². The van der Waals surface area contributed by atoms with E-state index in [1.807, 2.05) is 25.6 Å². The van der Waals surface area contributed by atoms with E-state index in [1.54, 1.807) is 0 Å². The van der Waals surface area contributed by atoms with Crippen LogP contribution in [0.3, 0.4) is 0 Å². The monoisotopic (exact) mass is 190 g/mol. The van der Waals surface area contributed by atoms with E-state index in [-0.39, 0.29) is 6.29 Å². The maximum atomic E-state index is 5.43. The third-order valence-corrected chi connectivity index (χ3v) is 2.87. The number of hydrogen-bond acceptors (Lipinski definition) is 3. The van der Waals surface area contributed by atoms with Gasteiger partial charge in [0.05, 0.1) is 0 Å². The van der Waals surface area contributed by atoms with Gasteiger partial charge in [0.15, 0.2) is 6.29 Å². The lowest BCUT2D eigenvalue weighted by Crippen LogP contribution is -2.17. The predicted molar refractivity (Wildman–Crippen MR) is 52.5 cm³/mol. The largest absolute Gasteiger partial charge is 0.353 e. The SMILES string of the molecule is CCOC(CCC1CS1)OCC. The van der Waals surface area contributed by atoms with E-state index < -0.39 is 0 Å². The summed E-state index contributed by atoms with van der Waals surface area (Å²) in [4.78, 5) is 0. The molecule has 1 fully saturated rings. The summed E-state index contributed by atoms with van der Waals surface area (Å²) in [6.07, 6.45) is 2.34. The van der Waals surface area contributed by atoms with Crippen molar-refractivity contribution < 1.29 is 9.47 Å². The lowest BCUT2D eigenvalue weighted by atomic mass is 10.2. The molecule has 72 valence electrons. The molecule has 0 spiro atoms. The average Bonchev–Trinajstić information content (AvgIpc) is 2.84. The zero-order chi connectivity index (χ0) is 8.81. The molecule has 1 aliphatic heterocycles. The number of hydrogen-bond donors (Lipinski definition) is 0. The Kier molecular flexibility index (Phi) is 5.04. The Morgan fingerprint density at radius 3 is 2.33 bits per heavy atom. The Labute approximate surface area is 79.0 Å². The highest BCUT2D eigenvalue weighted by Crippen LogP contribution is 2.34. The van der Waals surface area contributed by atoms with Crippen molar-refractivity contribution in [3.05, 3.63) is 0 Å². The summed E-state index contributed by atoms with van der Waals surface area (Å²) in [7, 11) is 0. The molecule has 1 rings (SSSR count). The molecule has 0 radical (unpaired) electrons. The van der Waals surface area contributed by atoms with Crippen molar-refractivity contribution >= 4 is 11.8 Å². The molecule has 1 heterocycles. The van der Waals surface area contributed by atoms with Crippen molar-refractivity contribution in [2.75, 3.05) is 19.0 Å². The van der Waals surface area contributed by atoms with Gasteiger partial charge in [-0.1, -0.05) is 0 Å². The molecule has 1 unspecified atom stereocenters. The van der Waals surface area contributed by atoms with Crippen LogP contribution in [0, 0.1) is 0 Å². The summed E-state index contributed by atoms with van der Waals surface area (Å²) >= 11 is 2.04. The second kappa shape index (κ2) is 5.84. The molecule has 0 amide bonds. The maximum Gasteiger partial charge on any atom is 0.157 e. The van der Waals surface area contributed by atoms with Gasteiger partial charge in [0.2, 0.25) is 0 Å². The van der Waals surface area contributed by atoms with E-state index in [2.05, 4.69) is 0 Å². The van der Waals surface area contributed by atoms with Crippen molar-refractivity contribution in [3.8, 4) is 0 Å². The molecule has 3 heteroatoms. The minimum atomic E-state index is 0.0428. The predicted octanol–water partition coefficient (Wildman–Crippen LogP) is 2.28. The van der Waals surface area contributed by atoms with Gasteiger partial charge in [0.25, 0.3) is 0 Å². The molecule has 0 bridgehead atoms. The second-order valence-electron chi connectivity index (χ2n) is 2.87. The van der Waals surface area contributed by atoms with Crippen LogP contribution in [-0.2, 0) is 9.47 Å². The zero-order valence-electron chi connectivity index (χ0n) is 7.91. The van der Waals surface area contributed by atoms with Gasteiger partial charge in [-0.05, 0) is 26.7 Å². The summed E-state index contributed by atoms with van der Waals surface area (Å²) in [6.45, 7) is 5.53. The fourth-order valence-electron chi connectivity index (χ4n) is 1.14. The van der Waals surface area contributed by atoms with Crippen LogP contribution in [0.15, 0.2) is 0 Å². The molecule has 2 nitrogen and oxygen atoms in total. The van der Waals surface area contributed by atoms with Crippen LogP contribution in [0.5, 0.6) is 0 Å². The number of thioether (sulfide) groups is 1. The van der Waals surface area contributed by atoms with Crippen LogP contribution in [0.1, 0.15) is 26.7 Å². The first-order chi connectivity index (χ1) is 5.86. The summed E-state index contributed by atoms with van der Waals surface area (Å²) in [5.41, 5.74) is 0. The standard InChI is InChI=1S/C9H18O2S/c1-3-10-9(11-4-2)6-5-8-7-12-8/h8-9H,3-7H2,1-2H3. The Balaban J connectivity index is 2.03. The van der Waals surface area contributed by atoms with Gasteiger partial charge >= 0.3 is 0 Å². The first-order valence-electron chi connectivity index (χ1n) is 4.71. The molecular weight excluding hydrogens is 172 g/mol. The van der Waals surface area contributed by atoms with Gasteiger partial charge < -0.3 is 9.47 Å². The zero-order valence-corrected chi connectivity index (χ0v) is 8.73. The van der Waals surface area contributed by atoms with Crippen LogP contribution in [-0.4, -0.2) is 30.5 Å². The quantitative estimate of drug-likeness (QED) is 0.453. The van der Waals surface area contributed by atoms with Crippen molar-refractivity contribution in [2.45, 2.75) is 38.2 Å². The topological polar surface area (TPSA) is 18.5 Å². The van der Waals surface area contributed by atoms with E-state index in [0.717, 1.165) is 24.9 Å². The van der Waals surface area contributed by atoms with E-state index in [1.165, 1.54) is 12.2 Å². The lowest BCUT2D eigenvalue weighted by molar-refractivity contribution is -0.139. The van der Waals surface area contributed by atoms with E-state index >= 15 is 0 Å². The molecule has 0 saturated carbocycles. The summed E-state index contributed by atoms with van der Waals surface area (Å²) in [5, 5.41) is 0.897. The van der Waals surface area contributed by atoms with Gasteiger partial charge in [-0.25, -0.2) is 0 Å². The fourth-order valence-corrected chi connectivity index (χ4v) is 1.75. The van der Waals surface area contributed by atoms with Crippen LogP contribution in [0.2, 0.25) is 0 Å². The van der Waals surface area contributed by atoms with Crippen LogP contribution in [0.25, 0.3) is 0 Å². The Bertz CT molecular complexity index is 109. The number of ether oxygens (including phenoxy) is 2. The molecule has 1 atom stereocenters. The molecule has 0 aromatic carbocycles. The molecule has 0 aliphatic carbocycles. The molecule has 0 aromatic heterocycles. The van der Waals surface area contributed by atoms with E-state index in [4.69, 9.17) is 9.47 Å².